The first kappa shape index (κ1) is 23.1. The quantitative estimate of drug-likeness (QED) is 0.299. The van der Waals surface area contributed by atoms with Crippen molar-refractivity contribution in [3.05, 3.63) is 100 Å². The summed E-state index contributed by atoms with van der Waals surface area (Å²) < 4.78 is 19.3. The van der Waals surface area contributed by atoms with E-state index in [4.69, 9.17) is 4.74 Å². The van der Waals surface area contributed by atoms with Crippen molar-refractivity contribution in [2.24, 2.45) is 0 Å². The summed E-state index contributed by atoms with van der Waals surface area (Å²) in [6.45, 7) is -0.609. The predicted molar refractivity (Wildman–Crippen MR) is 127 cm³/mol. The number of carbonyl (C=O) groups is 3. The van der Waals surface area contributed by atoms with Gasteiger partial charge in [-0.15, -0.1) is 0 Å². The van der Waals surface area contributed by atoms with E-state index in [2.05, 4.69) is 31.8 Å². The summed E-state index contributed by atoms with van der Waals surface area (Å²) in [5, 5.41) is 0.544. The maximum absolute atomic E-state index is 13.3. The number of rotatable bonds is 5. The zero-order valence-electron chi connectivity index (χ0n) is 17.5. The van der Waals surface area contributed by atoms with Crippen LogP contribution in [0, 0.1) is 5.82 Å². The molecule has 2 N–H and O–H groups in total. The van der Waals surface area contributed by atoms with Gasteiger partial charge >= 0.3 is 5.97 Å². The van der Waals surface area contributed by atoms with Gasteiger partial charge in [-0.05, 0) is 60.7 Å². The summed E-state index contributed by atoms with van der Waals surface area (Å²) in [6.07, 6.45) is 0. The number of nitrogens with one attached hydrogen (secondary N) is 2. The maximum Gasteiger partial charge on any atom is 0.339 e. The van der Waals surface area contributed by atoms with Crippen molar-refractivity contribution < 1.29 is 23.5 Å². The molecule has 0 radical (unpaired) electrons. The Morgan fingerprint density at radius 2 is 1.62 bits per heavy atom. The van der Waals surface area contributed by atoms with Gasteiger partial charge in [-0.2, -0.15) is 0 Å². The van der Waals surface area contributed by atoms with E-state index in [1.165, 1.54) is 18.2 Å². The number of halogens is 2. The van der Waals surface area contributed by atoms with Crippen molar-refractivity contribution in [1.82, 2.24) is 15.8 Å². The Bertz CT molecular complexity index is 1380. The van der Waals surface area contributed by atoms with Crippen LogP contribution < -0.4 is 10.9 Å². The number of hydrazine groups is 1. The topological polar surface area (TPSA) is 97.4 Å². The number of hydrogen-bond donors (Lipinski definition) is 2. The number of ether oxygens (including phenoxy) is 1. The Morgan fingerprint density at radius 3 is 2.35 bits per heavy atom. The van der Waals surface area contributed by atoms with Crippen molar-refractivity contribution >= 4 is 44.6 Å². The average molecular weight is 522 g/mol. The standard InChI is InChI=1S/C25H17BrFN3O4/c26-17-9-5-16(6-10-17)24(32)30-29-23(31)14-34-25(33)20-13-22(15-7-11-18(27)12-8-15)28-21-4-2-1-3-19(20)21/h1-13H,14H2,(H,29,31)(H,30,32). The zero-order chi connectivity index (χ0) is 24.1. The fourth-order valence-corrected chi connectivity index (χ4v) is 3.42. The lowest BCUT2D eigenvalue weighted by Gasteiger charge is -2.11. The van der Waals surface area contributed by atoms with E-state index in [1.807, 2.05) is 0 Å². The number of para-hydroxylation sites is 1. The smallest absolute Gasteiger partial charge is 0.339 e. The van der Waals surface area contributed by atoms with Crippen molar-refractivity contribution in [2.75, 3.05) is 6.61 Å². The third kappa shape index (κ3) is 5.44. The number of pyridine rings is 1. The molecule has 0 atom stereocenters. The van der Waals surface area contributed by atoms with Gasteiger partial charge in [-0.25, -0.2) is 14.2 Å². The maximum atomic E-state index is 13.3. The second-order valence-corrected chi connectivity index (χ2v) is 8.08. The second-order valence-electron chi connectivity index (χ2n) is 7.16. The van der Waals surface area contributed by atoms with E-state index in [0.29, 0.717) is 27.7 Å². The summed E-state index contributed by atoms with van der Waals surface area (Å²) in [5.41, 5.74) is 6.64. The van der Waals surface area contributed by atoms with Gasteiger partial charge in [-0.3, -0.25) is 20.4 Å². The van der Waals surface area contributed by atoms with E-state index in [0.717, 1.165) is 4.47 Å². The Kier molecular flexibility index (Phi) is 6.93. The fraction of sp³-hybridized carbons (Fsp3) is 0.0400. The molecule has 0 fully saturated rings. The largest absolute Gasteiger partial charge is 0.452 e. The predicted octanol–water partition coefficient (Wildman–Crippen LogP) is 4.42. The third-order valence-electron chi connectivity index (χ3n) is 4.83. The number of benzene rings is 3. The van der Waals surface area contributed by atoms with Crippen LogP contribution in [0.1, 0.15) is 20.7 Å². The highest BCUT2D eigenvalue weighted by Gasteiger charge is 2.17. The number of amides is 2. The Morgan fingerprint density at radius 1 is 0.912 bits per heavy atom. The molecule has 34 heavy (non-hydrogen) atoms. The molecule has 4 aromatic rings. The number of hydrogen-bond acceptors (Lipinski definition) is 5. The SMILES string of the molecule is O=C(COC(=O)c1cc(-c2ccc(F)cc2)nc2ccccc12)NNC(=O)c1ccc(Br)cc1. The molecule has 2 amide bonds. The first-order valence-corrected chi connectivity index (χ1v) is 10.9. The molecule has 0 spiro atoms. The average Bonchev–Trinajstić information content (AvgIpc) is 2.86. The van der Waals surface area contributed by atoms with Crippen LogP contribution in [-0.2, 0) is 9.53 Å². The molecule has 1 aromatic heterocycles. The van der Waals surface area contributed by atoms with Crippen molar-refractivity contribution in [3.8, 4) is 11.3 Å². The highest BCUT2D eigenvalue weighted by Crippen LogP contribution is 2.25. The molecule has 7 nitrogen and oxygen atoms in total. The molecule has 4 rings (SSSR count). The van der Waals surface area contributed by atoms with Gasteiger partial charge in [0.1, 0.15) is 5.82 Å². The van der Waals surface area contributed by atoms with Gasteiger partial charge in [0.15, 0.2) is 6.61 Å². The second kappa shape index (κ2) is 10.2. The lowest BCUT2D eigenvalue weighted by molar-refractivity contribution is -0.125. The number of carbonyl (C=O) groups excluding carboxylic acids is 3. The van der Waals surface area contributed by atoms with E-state index in [-0.39, 0.29) is 11.4 Å². The first-order chi connectivity index (χ1) is 16.4. The van der Waals surface area contributed by atoms with E-state index >= 15 is 0 Å². The van der Waals surface area contributed by atoms with E-state index in [1.54, 1.807) is 60.7 Å². The number of nitrogens with zero attached hydrogens (tertiary/aromatic N) is 1. The molecule has 0 aliphatic carbocycles. The van der Waals surface area contributed by atoms with Crippen LogP contribution in [0.15, 0.2) is 83.3 Å². The Balaban J connectivity index is 1.45. The van der Waals surface area contributed by atoms with Crippen molar-refractivity contribution in [3.63, 3.8) is 0 Å². The molecule has 3 aromatic carbocycles. The molecule has 0 unspecified atom stereocenters. The van der Waals surface area contributed by atoms with Crippen molar-refractivity contribution in [1.29, 1.82) is 0 Å². The molecule has 0 saturated heterocycles. The van der Waals surface area contributed by atoms with Crippen LogP contribution in [0.4, 0.5) is 4.39 Å². The monoisotopic (exact) mass is 521 g/mol. The Hall–Kier alpha value is -4.11. The number of esters is 1. The minimum atomic E-state index is -0.739. The highest BCUT2D eigenvalue weighted by atomic mass is 79.9. The van der Waals surface area contributed by atoms with Crippen LogP contribution >= 0.6 is 15.9 Å². The molecular formula is C25H17BrFN3O4. The lowest BCUT2D eigenvalue weighted by Crippen LogP contribution is -2.43. The number of aromatic nitrogens is 1. The molecule has 0 bridgehead atoms. The minimum Gasteiger partial charge on any atom is -0.452 e. The van der Waals surface area contributed by atoms with Gasteiger partial charge in [-0.1, -0.05) is 34.1 Å². The summed E-state index contributed by atoms with van der Waals surface area (Å²) in [5.74, 6) is -2.36. The van der Waals surface area contributed by atoms with Gasteiger partial charge in [0, 0.05) is 21.0 Å². The fourth-order valence-electron chi connectivity index (χ4n) is 3.16. The molecule has 1 heterocycles. The number of fused-ring (bicyclic) bond motifs is 1. The van der Waals surface area contributed by atoms with Gasteiger partial charge in [0.05, 0.1) is 16.8 Å². The minimum absolute atomic E-state index is 0.205. The van der Waals surface area contributed by atoms with Crippen LogP contribution in [0.25, 0.3) is 22.2 Å². The van der Waals surface area contributed by atoms with Gasteiger partial charge in [0.2, 0.25) is 0 Å². The van der Waals surface area contributed by atoms with E-state index in [9.17, 15) is 18.8 Å². The van der Waals surface area contributed by atoms with Crippen LogP contribution in [-0.4, -0.2) is 29.4 Å². The molecule has 0 aliphatic heterocycles. The zero-order valence-corrected chi connectivity index (χ0v) is 19.1. The van der Waals surface area contributed by atoms with Crippen LogP contribution in [0.3, 0.4) is 0 Å². The van der Waals surface area contributed by atoms with Crippen molar-refractivity contribution in [2.45, 2.75) is 0 Å². The normalized spacial score (nSPS) is 10.5. The summed E-state index contributed by atoms with van der Waals surface area (Å²) >= 11 is 3.28. The molecular weight excluding hydrogens is 505 g/mol. The Labute approximate surface area is 202 Å². The molecule has 0 aliphatic rings. The molecule has 170 valence electrons. The van der Waals surface area contributed by atoms with Crippen LogP contribution in [0.2, 0.25) is 0 Å². The molecule has 9 heteroatoms. The first-order valence-electron chi connectivity index (χ1n) is 10.1. The highest BCUT2D eigenvalue weighted by molar-refractivity contribution is 9.10. The van der Waals surface area contributed by atoms with Gasteiger partial charge < -0.3 is 4.74 Å². The third-order valence-corrected chi connectivity index (χ3v) is 5.36. The summed E-state index contributed by atoms with van der Waals surface area (Å²) in [7, 11) is 0. The van der Waals surface area contributed by atoms with Crippen LogP contribution in [0.5, 0.6) is 0 Å². The summed E-state index contributed by atoms with van der Waals surface area (Å²) in [6, 6.07) is 20.8. The van der Waals surface area contributed by atoms with E-state index < -0.39 is 24.4 Å². The van der Waals surface area contributed by atoms with Gasteiger partial charge in [0.25, 0.3) is 11.8 Å². The summed E-state index contributed by atoms with van der Waals surface area (Å²) in [4.78, 5) is 41.5. The molecule has 0 saturated carbocycles. The lowest BCUT2D eigenvalue weighted by atomic mass is 10.0.